The van der Waals surface area contributed by atoms with Crippen LogP contribution in [0, 0.1) is 23.7 Å². The van der Waals surface area contributed by atoms with Crippen LogP contribution in [0.2, 0.25) is 0 Å². The standard InChI is InChI=1S/C25H32O5/c1-16(26)28-23-4-2-19(3-5-23)20-6-8-24(9-7-20)15-27-25(30-29-24)21-11-17-10-18(13-21)14-22(25)12-17/h2-5,17-18,20-22H,6-15H2,1H3. The number of esters is 1. The van der Waals surface area contributed by atoms with Crippen molar-refractivity contribution in [2.45, 2.75) is 82.0 Å². The van der Waals surface area contributed by atoms with Crippen LogP contribution >= 0.6 is 0 Å². The first-order valence-electron chi connectivity index (χ1n) is 11.8. The highest BCUT2D eigenvalue weighted by Gasteiger charge is 2.63. The molecular weight excluding hydrogens is 380 g/mol. The van der Waals surface area contributed by atoms with E-state index >= 15 is 0 Å². The average molecular weight is 413 g/mol. The SMILES string of the molecule is CC(=O)Oc1ccc(C2CCC3(CC2)COC2(OO3)C3CC4CC(C3)CC2C4)cc1. The van der Waals surface area contributed by atoms with Gasteiger partial charge in [-0.2, -0.15) is 4.89 Å². The molecule has 5 nitrogen and oxygen atoms in total. The lowest BCUT2D eigenvalue weighted by molar-refractivity contribution is -0.548. The van der Waals surface area contributed by atoms with Crippen molar-refractivity contribution in [3.8, 4) is 5.75 Å². The molecule has 0 N–H and O–H groups in total. The zero-order valence-electron chi connectivity index (χ0n) is 17.8. The molecule has 0 radical (unpaired) electrons. The summed E-state index contributed by atoms with van der Waals surface area (Å²) in [6.07, 6.45) is 10.5. The molecule has 0 atom stereocenters. The van der Waals surface area contributed by atoms with Gasteiger partial charge in [0, 0.05) is 18.8 Å². The Morgan fingerprint density at radius 1 is 0.933 bits per heavy atom. The lowest BCUT2D eigenvalue weighted by atomic mass is 9.53. The molecule has 7 rings (SSSR count). The first-order chi connectivity index (χ1) is 14.5. The van der Waals surface area contributed by atoms with Crippen LogP contribution in [0.3, 0.4) is 0 Å². The first-order valence-corrected chi connectivity index (χ1v) is 11.8. The molecule has 1 aromatic rings. The van der Waals surface area contributed by atoms with Gasteiger partial charge < -0.3 is 9.47 Å². The summed E-state index contributed by atoms with van der Waals surface area (Å²) in [6, 6.07) is 7.94. The van der Waals surface area contributed by atoms with Gasteiger partial charge in [0.15, 0.2) is 0 Å². The third kappa shape index (κ3) is 3.12. The van der Waals surface area contributed by atoms with Crippen LogP contribution in [0.5, 0.6) is 5.75 Å². The molecule has 4 bridgehead atoms. The minimum Gasteiger partial charge on any atom is -0.427 e. The lowest BCUT2D eigenvalue weighted by Gasteiger charge is -2.61. The van der Waals surface area contributed by atoms with E-state index in [0.717, 1.165) is 37.5 Å². The van der Waals surface area contributed by atoms with E-state index in [1.54, 1.807) is 0 Å². The summed E-state index contributed by atoms with van der Waals surface area (Å²) in [5, 5.41) is 0. The molecule has 2 spiro atoms. The maximum atomic E-state index is 11.1. The van der Waals surface area contributed by atoms with Crippen molar-refractivity contribution in [3.63, 3.8) is 0 Å². The zero-order valence-corrected chi connectivity index (χ0v) is 17.8. The number of hydrogen-bond donors (Lipinski definition) is 0. The van der Waals surface area contributed by atoms with Crippen LogP contribution in [0.1, 0.15) is 76.2 Å². The number of carbonyl (C=O) groups is 1. The van der Waals surface area contributed by atoms with Crippen molar-refractivity contribution in [1.29, 1.82) is 0 Å². The Balaban J connectivity index is 1.08. The second-order valence-corrected chi connectivity index (χ2v) is 10.6. The maximum Gasteiger partial charge on any atom is 0.308 e. The van der Waals surface area contributed by atoms with Crippen molar-refractivity contribution in [2.75, 3.05) is 6.61 Å². The Kier molecular flexibility index (Phi) is 4.52. The molecule has 1 aromatic carbocycles. The molecular formula is C25H32O5. The van der Waals surface area contributed by atoms with Crippen LogP contribution in [-0.4, -0.2) is 24.0 Å². The van der Waals surface area contributed by atoms with Crippen molar-refractivity contribution < 1.29 is 24.0 Å². The van der Waals surface area contributed by atoms with E-state index in [9.17, 15) is 4.79 Å². The Bertz CT molecular complexity index is 767. The van der Waals surface area contributed by atoms with Gasteiger partial charge in [0.1, 0.15) is 11.4 Å². The molecule has 1 heterocycles. The predicted molar refractivity (Wildman–Crippen MR) is 110 cm³/mol. The minimum atomic E-state index is -0.456. The summed E-state index contributed by atoms with van der Waals surface area (Å²) >= 11 is 0. The fraction of sp³-hybridized carbons (Fsp3) is 0.720. The fourth-order valence-electron chi connectivity index (χ4n) is 7.34. The van der Waals surface area contributed by atoms with Crippen molar-refractivity contribution in [1.82, 2.24) is 0 Å². The van der Waals surface area contributed by atoms with Crippen molar-refractivity contribution in [2.24, 2.45) is 23.7 Å². The van der Waals surface area contributed by atoms with Crippen LogP contribution < -0.4 is 4.74 Å². The molecule has 5 heteroatoms. The molecule has 5 saturated carbocycles. The van der Waals surface area contributed by atoms with E-state index in [1.165, 1.54) is 44.6 Å². The number of rotatable bonds is 2. The second kappa shape index (κ2) is 7.04. The highest BCUT2D eigenvalue weighted by atomic mass is 17.2. The average Bonchev–Trinajstić information content (AvgIpc) is 2.74. The third-order valence-electron chi connectivity index (χ3n) is 8.70. The molecule has 5 aliphatic carbocycles. The van der Waals surface area contributed by atoms with Crippen LogP contribution in [0.15, 0.2) is 24.3 Å². The molecule has 1 aliphatic heterocycles. The van der Waals surface area contributed by atoms with Gasteiger partial charge in [0.05, 0.1) is 6.61 Å². The molecule has 0 aromatic heterocycles. The molecule has 162 valence electrons. The number of benzene rings is 1. The normalized spacial score (nSPS) is 44.5. The van der Waals surface area contributed by atoms with E-state index in [-0.39, 0.29) is 11.6 Å². The van der Waals surface area contributed by atoms with E-state index in [2.05, 4.69) is 12.1 Å². The van der Waals surface area contributed by atoms with Gasteiger partial charge >= 0.3 is 5.97 Å². The highest BCUT2D eigenvalue weighted by Crippen LogP contribution is 2.61. The number of carbonyl (C=O) groups excluding carboxylic acids is 1. The highest BCUT2D eigenvalue weighted by molar-refractivity contribution is 5.69. The predicted octanol–water partition coefficient (Wildman–Crippen LogP) is 5.14. The van der Waals surface area contributed by atoms with Gasteiger partial charge in [-0.05, 0) is 93.2 Å². The van der Waals surface area contributed by atoms with E-state index in [1.807, 2.05) is 12.1 Å². The first kappa shape index (κ1) is 19.3. The molecule has 6 fully saturated rings. The fourth-order valence-corrected chi connectivity index (χ4v) is 7.34. The summed E-state index contributed by atoms with van der Waals surface area (Å²) in [7, 11) is 0. The van der Waals surface area contributed by atoms with Gasteiger partial charge in [0.25, 0.3) is 0 Å². The molecule has 0 unspecified atom stereocenters. The van der Waals surface area contributed by atoms with E-state index in [4.69, 9.17) is 19.2 Å². The molecule has 6 aliphatic rings. The Morgan fingerprint density at radius 2 is 1.57 bits per heavy atom. The number of hydrogen-bond acceptors (Lipinski definition) is 5. The largest absolute Gasteiger partial charge is 0.427 e. The molecule has 30 heavy (non-hydrogen) atoms. The van der Waals surface area contributed by atoms with Crippen LogP contribution in [-0.2, 0) is 19.3 Å². The zero-order chi connectivity index (χ0) is 20.3. The monoisotopic (exact) mass is 412 g/mol. The van der Waals surface area contributed by atoms with Crippen LogP contribution in [0.4, 0.5) is 0 Å². The molecule has 0 amide bonds. The third-order valence-corrected chi connectivity index (χ3v) is 8.70. The minimum absolute atomic E-state index is 0.284. The quantitative estimate of drug-likeness (QED) is 0.382. The van der Waals surface area contributed by atoms with Gasteiger partial charge in [-0.15, -0.1) is 0 Å². The second-order valence-electron chi connectivity index (χ2n) is 10.6. The van der Waals surface area contributed by atoms with E-state index < -0.39 is 5.79 Å². The summed E-state index contributed by atoms with van der Waals surface area (Å²) in [5.41, 5.74) is 1.02. The Morgan fingerprint density at radius 3 is 2.10 bits per heavy atom. The van der Waals surface area contributed by atoms with E-state index in [0.29, 0.717) is 30.1 Å². The summed E-state index contributed by atoms with van der Waals surface area (Å²) in [4.78, 5) is 23.6. The maximum absolute atomic E-state index is 11.1. The summed E-state index contributed by atoms with van der Waals surface area (Å²) in [6.45, 7) is 2.10. The topological polar surface area (TPSA) is 54.0 Å². The van der Waals surface area contributed by atoms with Gasteiger partial charge in [-0.1, -0.05) is 12.1 Å². The van der Waals surface area contributed by atoms with Crippen molar-refractivity contribution >= 4 is 5.97 Å². The summed E-state index contributed by atoms with van der Waals surface area (Å²) in [5.74, 6) is 3.21. The summed E-state index contributed by atoms with van der Waals surface area (Å²) < 4.78 is 11.8. The van der Waals surface area contributed by atoms with Crippen molar-refractivity contribution in [3.05, 3.63) is 29.8 Å². The van der Waals surface area contributed by atoms with Gasteiger partial charge in [0.2, 0.25) is 5.79 Å². The van der Waals surface area contributed by atoms with Crippen LogP contribution in [0.25, 0.3) is 0 Å². The van der Waals surface area contributed by atoms with Gasteiger partial charge in [-0.3, -0.25) is 4.79 Å². The Labute approximate surface area is 178 Å². The number of ether oxygens (including phenoxy) is 2. The molecule has 1 saturated heterocycles. The Hall–Kier alpha value is -1.43. The smallest absolute Gasteiger partial charge is 0.308 e. The lowest BCUT2D eigenvalue weighted by Crippen LogP contribution is -2.65. The van der Waals surface area contributed by atoms with Gasteiger partial charge in [-0.25, -0.2) is 4.89 Å².